The normalized spacial score (nSPS) is 25.3. The largest absolute Gasteiger partial charge is 0.507 e. The van der Waals surface area contributed by atoms with Gasteiger partial charge in [-0.1, -0.05) is 12.1 Å². The smallest absolute Gasteiger partial charge is 0.295 e. The summed E-state index contributed by atoms with van der Waals surface area (Å²) in [6, 6.07) is 7.35. The minimum absolute atomic E-state index is 0.0650. The van der Waals surface area contributed by atoms with Crippen LogP contribution in [0.2, 0.25) is 0 Å². The molecule has 1 amide bonds. The number of fused-ring (bicyclic) bond motifs is 1. The molecule has 3 aliphatic rings. The summed E-state index contributed by atoms with van der Waals surface area (Å²) in [5, 5.41) is 13.3. The highest BCUT2D eigenvalue weighted by Crippen LogP contribution is 2.43. The molecule has 5 rings (SSSR count). The van der Waals surface area contributed by atoms with Gasteiger partial charge >= 0.3 is 0 Å². The summed E-state index contributed by atoms with van der Waals surface area (Å²) >= 11 is 1.52. The molecule has 0 spiro atoms. The summed E-state index contributed by atoms with van der Waals surface area (Å²) in [7, 11) is 0. The summed E-state index contributed by atoms with van der Waals surface area (Å²) in [6.45, 7) is 3.04. The van der Waals surface area contributed by atoms with Gasteiger partial charge in [0.1, 0.15) is 5.76 Å². The van der Waals surface area contributed by atoms with Crippen LogP contribution < -0.4 is 0 Å². The maximum Gasteiger partial charge on any atom is 0.295 e. The Labute approximate surface area is 186 Å². The second-order valence-electron chi connectivity index (χ2n) is 8.74. The average Bonchev–Trinajstić information content (AvgIpc) is 3.50. The third-order valence-electron chi connectivity index (χ3n) is 6.74. The van der Waals surface area contributed by atoms with Gasteiger partial charge in [-0.2, -0.15) is 0 Å². The first-order valence-electron chi connectivity index (χ1n) is 11.1. The molecule has 1 aliphatic carbocycles. The van der Waals surface area contributed by atoms with Crippen LogP contribution in [0.3, 0.4) is 0 Å². The van der Waals surface area contributed by atoms with Crippen molar-refractivity contribution in [2.45, 2.75) is 57.6 Å². The summed E-state index contributed by atoms with van der Waals surface area (Å²) in [5.41, 5.74) is 4.38. The fourth-order valence-corrected chi connectivity index (χ4v) is 6.10. The Morgan fingerprint density at radius 2 is 1.97 bits per heavy atom. The van der Waals surface area contributed by atoms with E-state index in [1.807, 2.05) is 30.5 Å². The van der Waals surface area contributed by atoms with Crippen LogP contribution in [-0.4, -0.2) is 41.0 Å². The number of carbonyl (C=O) groups excluding carboxylic acids is 2. The molecule has 2 unspecified atom stereocenters. The molecular formula is C25H27NO4S. The van der Waals surface area contributed by atoms with E-state index in [1.54, 1.807) is 4.90 Å². The fraction of sp³-hybridized carbons (Fsp3) is 0.440. The first kappa shape index (κ1) is 20.5. The monoisotopic (exact) mass is 437 g/mol. The van der Waals surface area contributed by atoms with E-state index in [0.29, 0.717) is 18.7 Å². The molecule has 2 aromatic rings. The number of likely N-dealkylation sites (tertiary alicyclic amines) is 1. The Kier molecular flexibility index (Phi) is 5.44. The summed E-state index contributed by atoms with van der Waals surface area (Å²) in [6.07, 6.45) is 6.14. The number of rotatable bonds is 4. The number of hydrogen-bond acceptors (Lipinski definition) is 5. The van der Waals surface area contributed by atoms with Gasteiger partial charge in [-0.3, -0.25) is 9.59 Å². The molecule has 1 aromatic carbocycles. The van der Waals surface area contributed by atoms with Crippen molar-refractivity contribution >= 4 is 28.8 Å². The van der Waals surface area contributed by atoms with E-state index in [-0.39, 0.29) is 17.4 Å². The molecule has 2 aliphatic heterocycles. The lowest BCUT2D eigenvalue weighted by atomic mass is 9.89. The molecule has 0 bridgehead atoms. The molecule has 0 saturated carbocycles. The number of Topliss-reactive ketones (excluding diaryl/α,β-unsaturated/α-hetero) is 1. The van der Waals surface area contributed by atoms with Crippen molar-refractivity contribution in [3.05, 3.63) is 62.3 Å². The second kappa shape index (κ2) is 8.24. The number of carbonyl (C=O) groups is 2. The molecule has 0 radical (unpaired) electrons. The third-order valence-corrected chi connectivity index (χ3v) is 7.81. The average molecular weight is 438 g/mol. The molecule has 31 heavy (non-hydrogen) atoms. The summed E-state index contributed by atoms with van der Waals surface area (Å²) < 4.78 is 5.76. The van der Waals surface area contributed by atoms with Crippen molar-refractivity contribution in [3.63, 3.8) is 0 Å². The van der Waals surface area contributed by atoms with Gasteiger partial charge in [-0.05, 0) is 79.7 Å². The van der Waals surface area contributed by atoms with Crippen molar-refractivity contribution in [2.24, 2.45) is 0 Å². The standard InChI is InChI=1S/C25H27NO4S/c1-15-10-12-31-24(15)21-20(23(28)25(29)26(21)14-19-7-4-11-30-19)22(27)18-9-8-16-5-2-3-6-17(16)13-18/h8-10,12-13,19,21,27H,2-7,11,14H2,1H3/b22-20-. The summed E-state index contributed by atoms with van der Waals surface area (Å²) in [5.74, 6) is -1.22. The molecule has 1 N–H and O–H groups in total. The molecule has 2 atom stereocenters. The predicted octanol–water partition coefficient (Wildman–Crippen LogP) is 4.54. The first-order chi connectivity index (χ1) is 15.0. The third kappa shape index (κ3) is 3.62. The quantitative estimate of drug-likeness (QED) is 0.433. The SMILES string of the molecule is Cc1ccsc1C1/C(=C(/O)c2ccc3c(c2)CCCC3)C(=O)C(=O)N1CC1CCCO1. The van der Waals surface area contributed by atoms with Gasteiger partial charge in [0.25, 0.3) is 11.7 Å². The zero-order chi connectivity index (χ0) is 21.5. The number of amides is 1. The van der Waals surface area contributed by atoms with E-state index in [4.69, 9.17) is 4.74 Å². The van der Waals surface area contributed by atoms with Gasteiger partial charge < -0.3 is 14.7 Å². The number of aliphatic hydroxyl groups is 1. The lowest BCUT2D eigenvalue weighted by Crippen LogP contribution is -2.36. The lowest BCUT2D eigenvalue weighted by molar-refractivity contribution is -0.140. The number of aryl methyl sites for hydroxylation is 3. The van der Waals surface area contributed by atoms with E-state index in [9.17, 15) is 14.7 Å². The highest BCUT2D eigenvalue weighted by molar-refractivity contribution is 7.10. The Balaban J connectivity index is 1.60. The van der Waals surface area contributed by atoms with Crippen molar-refractivity contribution in [2.75, 3.05) is 13.2 Å². The zero-order valence-corrected chi connectivity index (χ0v) is 18.5. The highest BCUT2D eigenvalue weighted by atomic mass is 32.1. The van der Waals surface area contributed by atoms with Crippen LogP contribution in [0.4, 0.5) is 0 Å². The molecule has 3 heterocycles. The summed E-state index contributed by atoms with van der Waals surface area (Å²) in [4.78, 5) is 28.8. The number of ether oxygens (including phenoxy) is 1. The van der Waals surface area contributed by atoms with Crippen molar-refractivity contribution in [1.82, 2.24) is 4.90 Å². The van der Waals surface area contributed by atoms with Crippen LogP contribution in [0, 0.1) is 6.92 Å². The Morgan fingerprint density at radius 1 is 1.16 bits per heavy atom. The van der Waals surface area contributed by atoms with Gasteiger partial charge in [-0.15, -0.1) is 11.3 Å². The number of benzene rings is 1. The Hall–Kier alpha value is -2.44. The van der Waals surface area contributed by atoms with E-state index in [1.165, 1.54) is 28.9 Å². The van der Waals surface area contributed by atoms with Gasteiger partial charge in [-0.25, -0.2) is 0 Å². The Morgan fingerprint density at radius 3 is 2.68 bits per heavy atom. The number of nitrogens with zero attached hydrogens (tertiary/aromatic N) is 1. The van der Waals surface area contributed by atoms with Crippen molar-refractivity contribution < 1.29 is 19.4 Å². The van der Waals surface area contributed by atoms with E-state index >= 15 is 0 Å². The lowest BCUT2D eigenvalue weighted by Gasteiger charge is -2.27. The number of ketones is 1. The number of thiophene rings is 1. The molecule has 6 heteroatoms. The van der Waals surface area contributed by atoms with Crippen LogP contribution in [0.15, 0.2) is 35.2 Å². The Bertz CT molecular complexity index is 1060. The van der Waals surface area contributed by atoms with E-state index < -0.39 is 17.7 Å². The maximum absolute atomic E-state index is 13.2. The van der Waals surface area contributed by atoms with Crippen LogP contribution in [0.25, 0.3) is 5.76 Å². The molecule has 5 nitrogen and oxygen atoms in total. The van der Waals surface area contributed by atoms with Gasteiger partial charge in [0.15, 0.2) is 0 Å². The minimum atomic E-state index is -0.606. The maximum atomic E-state index is 13.2. The van der Waals surface area contributed by atoms with E-state index in [0.717, 1.165) is 42.5 Å². The topological polar surface area (TPSA) is 66.8 Å². The van der Waals surface area contributed by atoms with E-state index in [2.05, 4.69) is 6.07 Å². The highest BCUT2D eigenvalue weighted by Gasteiger charge is 2.48. The van der Waals surface area contributed by atoms with Crippen molar-refractivity contribution in [1.29, 1.82) is 0 Å². The van der Waals surface area contributed by atoms with Crippen LogP contribution in [0.5, 0.6) is 0 Å². The second-order valence-corrected chi connectivity index (χ2v) is 9.69. The van der Waals surface area contributed by atoms with Gasteiger partial charge in [0, 0.05) is 23.6 Å². The number of aliphatic hydroxyl groups excluding tert-OH is 1. The zero-order valence-electron chi connectivity index (χ0n) is 17.7. The molecule has 1 aromatic heterocycles. The van der Waals surface area contributed by atoms with Crippen LogP contribution >= 0.6 is 11.3 Å². The first-order valence-corrected chi connectivity index (χ1v) is 12.0. The fourth-order valence-electron chi connectivity index (χ4n) is 5.05. The van der Waals surface area contributed by atoms with Crippen molar-refractivity contribution in [3.8, 4) is 0 Å². The number of hydrogen-bond donors (Lipinski definition) is 1. The van der Waals surface area contributed by atoms with Crippen LogP contribution in [0.1, 0.15) is 58.9 Å². The van der Waals surface area contributed by atoms with Crippen LogP contribution in [-0.2, 0) is 27.2 Å². The molecule has 2 saturated heterocycles. The predicted molar refractivity (Wildman–Crippen MR) is 120 cm³/mol. The molecular weight excluding hydrogens is 410 g/mol. The molecule has 2 fully saturated rings. The minimum Gasteiger partial charge on any atom is -0.507 e. The molecule has 162 valence electrons. The van der Waals surface area contributed by atoms with Gasteiger partial charge in [0.2, 0.25) is 0 Å². The van der Waals surface area contributed by atoms with Gasteiger partial charge in [0.05, 0.1) is 17.7 Å².